The Bertz CT molecular complexity index is 499. The number of hydrogen-bond acceptors (Lipinski definition) is 3. The van der Waals surface area contributed by atoms with E-state index in [2.05, 4.69) is 23.9 Å². The van der Waals surface area contributed by atoms with E-state index in [4.69, 9.17) is 5.73 Å². The highest BCUT2D eigenvalue weighted by atomic mass is 15.3. The van der Waals surface area contributed by atoms with Gasteiger partial charge in [-0.3, -0.25) is 0 Å². The van der Waals surface area contributed by atoms with Crippen molar-refractivity contribution < 1.29 is 0 Å². The largest absolute Gasteiger partial charge is 0.330 e. The molecule has 0 amide bonds. The number of fused-ring (bicyclic) bond motifs is 1. The minimum absolute atomic E-state index is 0.429. The summed E-state index contributed by atoms with van der Waals surface area (Å²) in [5.74, 6) is 0.429. The third kappa shape index (κ3) is 1.80. The normalized spacial score (nSPS) is 11.6. The first-order valence-corrected chi connectivity index (χ1v) is 5.68. The highest BCUT2D eigenvalue weighted by Gasteiger charge is 2.10. The van der Waals surface area contributed by atoms with Crippen LogP contribution in [0.1, 0.15) is 36.8 Å². The van der Waals surface area contributed by atoms with Crippen LogP contribution in [0.15, 0.2) is 12.1 Å². The summed E-state index contributed by atoms with van der Waals surface area (Å²) in [6.45, 7) is 6.91. The van der Waals surface area contributed by atoms with Crippen molar-refractivity contribution in [3.63, 3.8) is 0 Å². The molecule has 0 fully saturated rings. The molecular weight excluding hydrogens is 200 g/mol. The maximum atomic E-state index is 5.61. The molecular formula is C12H18N4. The van der Waals surface area contributed by atoms with Gasteiger partial charge < -0.3 is 5.73 Å². The Hall–Kier alpha value is -1.42. The van der Waals surface area contributed by atoms with Crippen LogP contribution < -0.4 is 5.73 Å². The quantitative estimate of drug-likeness (QED) is 0.852. The first-order chi connectivity index (χ1) is 7.63. The molecule has 0 aliphatic rings. The Morgan fingerprint density at radius 2 is 2.12 bits per heavy atom. The summed E-state index contributed by atoms with van der Waals surface area (Å²) < 4.78 is 1.93. The zero-order valence-electron chi connectivity index (χ0n) is 10.1. The van der Waals surface area contributed by atoms with Crippen molar-refractivity contribution in [3.8, 4) is 0 Å². The number of aromatic nitrogens is 3. The molecule has 2 aromatic rings. The Kier molecular flexibility index (Phi) is 2.92. The van der Waals surface area contributed by atoms with Crippen LogP contribution in [0.3, 0.4) is 0 Å². The number of nitrogens with zero attached hydrogens (tertiary/aromatic N) is 3. The van der Waals surface area contributed by atoms with Crippen LogP contribution in [0.2, 0.25) is 0 Å². The summed E-state index contributed by atoms with van der Waals surface area (Å²) in [7, 11) is 0. The minimum Gasteiger partial charge on any atom is -0.330 e. The van der Waals surface area contributed by atoms with Crippen molar-refractivity contribution in [2.24, 2.45) is 5.73 Å². The Labute approximate surface area is 95.5 Å². The number of hydrogen-bond donors (Lipinski definition) is 1. The van der Waals surface area contributed by atoms with Crippen molar-refractivity contribution in [1.82, 2.24) is 14.6 Å². The summed E-state index contributed by atoms with van der Waals surface area (Å²) >= 11 is 0. The van der Waals surface area contributed by atoms with Crippen molar-refractivity contribution in [1.29, 1.82) is 0 Å². The summed E-state index contributed by atoms with van der Waals surface area (Å²) in [5, 5.41) is 4.61. The highest BCUT2D eigenvalue weighted by molar-refractivity contribution is 5.42. The molecule has 0 unspecified atom stereocenters. The van der Waals surface area contributed by atoms with Gasteiger partial charge in [-0.25, -0.2) is 9.50 Å². The van der Waals surface area contributed by atoms with Gasteiger partial charge in [-0.05, 0) is 31.5 Å². The van der Waals surface area contributed by atoms with Gasteiger partial charge in [0, 0.05) is 6.42 Å². The van der Waals surface area contributed by atoms with Crippen LogP contribution in [0.4, 0.5) is 0 Å². The Morgan fingerprint density at radius 3 is 2.75 bits per heavy atom. The summed E-state index contributed by atoms with van der Waals surface area (Å²) in [6, 6.07) is 4.06. The predicted octanol–water partition coefficient (Wildman–Crippen LogP) is 1.66. The lowest BCUT2D eigenvalue weighted by molar-refractivity contribution is 0.737. The fraction of sp³-hybridized carbons (Fsp3) is 0.500. The van der Waals surface area contributed by atoms with Gasteiger partial charge in [-0.2, -0.15) is 5.10 Å². The van der Waals surface area contributed by atoms with Crippen molar-refractivity contribution >= 4 is 5.65 Å². The number of nitrogens with two attached hydrogens (primary N) is 1. The monoisotopic (exact) mass is 218 g/mol. The zero-order chi connectivity index (χ0) is 11.7. The molecule has 2 heterocycles. The molecule has 86 valence electrons. The van der Waals surface area contributed by atoms with Crippen LogP contribution in [0.25, 0.3) is 5.65 Å². The maximum Gasteiger partial charge on any atom is 0.154 e. The van der Waals surface area contributed by atoms with E-state index in [-0.39, 0.29) is 0 Å². The zero-order valence-corrected chi connectivity index (χ0v) is 10.1. The number of imidazole rings is 1. The van der Waals surface area contributed by atoms with E-state index < -0.39 is 0 Å². The van der Waals surface area contributed by atoms with E-state index in [1.807, 2.05) is 23.6 Å². The molecule has 4 heteroatoms. The Balaban J connectivity index is 2.60. The van der Waals surface area contributed by atoms with Crippen LogP contribution >= 0.6 is 0 Å². The van der Waals surface area contributed by atoms with Crippen molar-refractivity contribution in [2.75, 3.05) is 6.54 Å². The lowest BCUT2D eigenvalue weighted by atomic mass is 10.1. The van der Waals surface area contributed by atoms with Gasteiger partial charge in [0.05, 0.1) is 17.1 Å². The smallest absolute Gasteiger partial charge is 0.154 e. The predicted molar refractivity (Wildman–Crippen MR) is 64.6 cm³/mol. The molecule has 0 spiro atoms. The first-order valence-electron chi connectivity index (χ1n) is 5.68. The molecule has 4 nitrogen and oxygen atoms in total. The van der Waals surface area contributed by atoms with E-state index in [9.17, 15) is 0 Å². The SMILES string of the molecule is Cc1nc2ccc(C(C)C)nn2c1CCN. The molecule has 0 saturated heterocycles. The third-order valence-electron chi connectivity index (χ3n) is 2.76. The molecule has 2 aromatic heterocycles. The van der Waals surface area contributed by atoms with Gasteiger partial charge >= 0.3 is 0 Å². The van der Waals surface area contributed by atoms with Crippen LogP contribution in [-0.2, 0) is 6.42 Å². The minimum atomic E-state index is 0.429. The Morgan fingerprint density at radius 1 is 1.38 bits per heavy atom. The van der Waals surface area contributed by atoms with Crippen LogP contribution in [0.5, 0.6) is 0 Å². The molecule has 0 radical (unpaired) electrons. The highest BCUT2D eigenvalue weighted by Crippen LogP contribution is 2.15. The van der Waals surface area contributed by atoms with Crippen molar-refractivity contribution in [3.05, 3.63) is 29.2 Å². The first kappa shape index (κ1) is 11.1. The lowest BCUT2D eigenvalue weighted by Gasteiger charge is -2.06. The second-order valence-electron chi connectivity index (χ2n) is 4.37. The molecule has 0 saturated carbocycles. The standard InChI is InChI=1S/C12H18N4/c1-8(2)10-4-5-12-14-9(3)11(6-7-13)16(12)15-10/h4-5,8H,6-7,13H2,1-3H3. The molecule has 16 heavy (non-hydrogen) atoms. The summed E-state index contributed by atoms with van der Waals surface area (Å²) in [5.41, 5.74) is 9.75. The lowest BCUT2D eigenvalue weighted by Crippen LogP contribution is -2.09. The molecule has 0 atom stereocenters. The van der Waals surface area contributed by atoms with Crippen molar-refractivity contribution in [2.45, 2.75) is 33.1 Å². The summed E-state index contributed by atoms with van der Waals surface area (Å²) in [4.78, 5) is 4.48. The fourth-order valence-electron chi connectivity index (χ4n) is 1.83. The molecule has 2 N–H and O–H groups in total. The third-order valence-corrected chi connectivity index (χ3v) is 2.76. The van der Waals surface area contributed by atoms with E-state index in [0.717, 1.165) is 29.1 Å². The molecule has 2 rings (SSSR count). The molecule has 0 aliphatic carbocycles. The second kappa shape index (κ2) is 4.22. The van der Waals surface area contributed by atoms with E-state index in [0.29, 0.717) is 12.5 Å². The average Bonchev–Trinajstić information content (AvgIpc) is 2.55. The van der Waals surface area contributed by atoms with E-state index >= 15 is 0 Å². The summed E-state index contributed by atoms with van der Waals surface area (Å²) in [6.07, 6.45) is 0.821. The number of rotatable bonds is 3. The van der Waals surface area contributed by atoms with Gasteiger partial charge in [0.25, 0.3) is 0 Å². The fourth-order valence-corrected chi connectivity index (χ4v) is 1.83. The maximum absolute atomic E-state index is 5.61. The topological polar surface area (TPSA) is 56.2 Å². The molecule has 0 bridgehead atoms. The van der Waals surface area contributed by atoms with Gasteiger partial charge in [-0.1, -0.05) is 13.8 Å². The number of aryl methyl sites for hydroxylation is 1. The van der Waals surface area contributed by atoms with Crippen LogP contribution in [-0.4, -0.2) is 21.1 Å². The van der Waals surface area contributed by atoms with E-state index in [1.165, 1.54) is 0 Å². The molecule has 0 aliphatic heterocycles. The van der Waals surface area contributed by atoms with E-state index in [1.54, 1.807) is 0 Å². The van der Waals surface area contributed by atoms with Crippen LogP contribution in [0, 0.1) is 6.92 Å². The average molecular weight is 218 g/mol. The van der Waals surface area contributed by atoms with Gasteiger partial charge in [0.15, 0.2) is 5.65 Å². The van der Waals surface area contributed by atoms with Gasteiger partial charge in [0.2, 0.25) is 0 Å². The van der Waals surface area contributed by atoms with Gasteiger partial charge in [0.1, 0.15) is 0 Å². The van der Waals surface area contributed by atoms with Gasteiger partial charge in [-0.15, -0.1) is 0 Å². The second-order valence-corrected chi connectivity index (χ2v) is 4.37. The molecule has 0 aromatic carbocycles.